The molecular formula is C25H37N3O4. The minimum absolute atomic E-state index is 0.0176. The van der Waals surface area contributed by atoms with Gasteiger partial charge in [0.2, 0.25) is 5.91 Å². The molecule has 2 aromatic rings. The van der Waals surface area contributed by atoms with Crippen molar-refractivity contribution in [3.8, 4) is 0 Å². The fourth-order valence-electron chi connectivity index (χ4n) is 4.23. The molecule has 0 radical (unpaired) electrons. The molecule has 0 aliphatic carbocycles. The Labute approximate surface area is 191 Å². The smallest absolute Gasteiger partial charge is 0.289 e. The van der Waals surface area contributed by atoms with Crippen molar-refractivity contribution in [2.24, 2.45) is 5.92 Å². The third kappa shape index (κ3) is 6.25. The van der Waals surface area contributed by atoms with Gasteiger partial charge in [0, 0.05) is 37.9 Å². The molecule has 176 valence electrons. The molecule has 32 heavy (non-hydrogen) atoms. The van der Waals surface area contributed by atoms with Gasteiger partial charge in [0.1, 0.15) is 5.76 Å². The van der Waals surface area contributed by atoms with Crippen molar-refractivity contribution in [1.29, 1.82) is 0 Å². The van der Waals surface area contributed by atoms with Crippen molar-refractivity contribution in [1.82, 2.24) is 14.4 Å². The average Bonchev–Trinajstić information content (AvgIpc) is 3.36. The molecular weight excluding hydrogens is 406 g/mol. The molecule has 0 saturated carbocycles. The first-order valence-electron chi connectivity index (χ1n) is 11.7. The van der Waals surface area contributed by atoms with Crippen LogP contribution in [-0.4, -0.2) is 58.0 Å². The second kappa shape index (κ2) is 10.9. The molecule has 1 aliphatic rings. The second-order valence-electron chi connectivity index (χ2n) is 9.27. The number of ether oxygens (including phenoxy) is 1. The van der Waals surface area contributed by atoms with E-state index in [0.29, 0.717) is 44.3 Å². The van der Waals surface area contributed by atoms with Gasteiger partial charge in [-0.1, -0.05) is 20.8 Å². The zero-order valence-electron chi connectivity index (χ0n) is 20.0. The maximum Gasteiger partial charge on any atom is 0.289 e. The number of morpholine rings is 1. The van der Waals surface area contributed by atoms with Crippen LogP contribution in [0.5, 0.6) is 0 Å². The summed E-state index contributed by atoms with van der Waals surface area (Å²) in [5, 5.41) is 0. The molecule has 1 saturated heterocycles. The number of nitrogens with zero attached hydrogens (tertiary/aromatic N) is 3. The Kier molecular flexibility index (Phi) is 8.18. The molecule has 1 fully saturated rings. The van der Waals surface area contributed by atoms with Crippen LogP contribution >= 0.6 is 0 Å². The van der Waals surface area contributed by atoms with Crippen LogP contribution in [0, 0.1) is 5.92 Å². The van der Waals surface area contributed by atoms with Gasteiger partial charge in [0.15, 0.2) is 5.76 Å². The molecule has 0 N–H and O–H groups in total. The maximum atomic E-state index is 12.9. The number of carbonyl (C=O) groups is 2. The van der Waals surface area contributed by atoms with Gasteiger partial charge in [-0.15, -0.1) is 0 Å². The van der Waals surface area contributed by atoms with E-state index in [1.54, 1.807) is 11.0 Å². The molecule has 2 unspecified atom stereocenters. The summed E-state index contributed by atoms with van der Waals surface area (Å²) in [4.78, 5) is 29.3. The largest absolute Gasteiger partial charge is 0.454 e. The van der Waals surface area contributed by atoms with Crippen LogP contribution in [0.15, 0.2) is 34.9 Å². The quantitative estimate of drug-likeness (QED) is 0.584. The van der Waals surface area contributed by atoms with Crippen LogP contribution in [0.2, 0.25) is 0 Å². The van der Waals surface area contributed by atoms with Crippen LogP contribution in [0.1, 0.15) is 69.5 Å². The number of hydrogen-bond donors (Lipinski definition) is 0. The first kappa shape index (κ1) is 24.1. The second-order valence-corrected chi connectivity index (χ2v) is 9.27. The van der Waals surface area contributed by atoms with E-state index in [9.17, 15) is 9.59 Å². The van der Waals surface area contributed by atoms with Gasteiger partial charge in [0.25, 0.3) is 5.91 Å². The summed E-state index contributed by atoms with van der Waals surface area (Å²) in [5.74, 6) is 1.50. The molecule has 0 aromatic carbocycles. The van der Waals surface area contributed by atoms with E-state index in [1.807, 2.05) is 43.1 Å². The fraction of sp³-hybridized carbons (Fsp3) is 0.600. The van der Waals surface area contributed by atoms with Gasteiger partial charge in [0.05, 0.1) is 25.3 Å². The van der Waals surface area contributed by atoms with Gasteiger partial charge in [-0.3, -0.25) is 9.59 Å². The van der Waals surface area contributed by atoms with Crippen LogP contribution in [-0.2, 0) is 22.6 Å². The lowest BCUT2D eigenvalue weighted by molar-refractivity contribution is -0.132. The Morgan fingerprint density at radius 3 is 2.53 bits per heavy atom. The third-order valence-electron chi connectivity index (χ3n) is 5.61. The van der Waals surface area contributed by atoms with Gasteiger partial charge in [-0.05, 0) is 50.5 Å². The van der Waals surface area contributed by atoms with Crippen LogP contribution < -0.4 is 0 Å². The van der Waals surface area contributed by atoms with Crippen molar-refractivity contribution < 1.29 is 18.7 Å². The number of rotatable bonds is 9. The Hall–Kier alpha value is -2.54. The molecule has 0 bridgehead atoms. The van der Waals surface area contributed by atoms with E-state index in [-0.39, 0.29) is 24.0 Å². The van der Waals surface area contributed by atoms with Crippen LogP contribution in [0.3, 0.4) is 0 Å². The Balaban J connectivity index is 1.67. The zero-order chi connectivity index (χ0) is 23.3. The average molecular weight is 444 g/mol. The van der Waals surface area contributed by atoms with Crippen molar-refractivity contribution >= 4 is 11.8 Å². The minimum Gasteiger partial charge on any atom is -0.454 e. The molecule has 2 amide bonds. The highest BCUT2D eigenvalue weighted by molar-refractivity contribution is 5.91. The molecule has 0 spiro atoms. The fourth-order valence-corrected chi connectivity index (χ4v) is 4.23. The van der Waals surface area contributed by atoms with Crippen molar-refractivity contribution in [2.45, 2.75) is 72.8 Å². The molecule has 2 atom stereocenters. The van der Waals surface area contributed by atoms with E-state index < -0.39 is 0 Å². The number of amides is 2. The van der Waals surface area contributed by atoms with E-state index in [1.165, 1.54) is 0 Å². The van der Waals surface area contributed by atoms with Crippen molar-refractivity contribution in [3.63, 3.8) is 0 Å². The predicted octanol–water partition coefficient (Wildman–Crippen LogP) is 4.16. The summed E-state index contributed by atoms with van der Waals surface area (Å²) >= 11 is 0. The number of carbonyl (C=O) groups excluding carboxylic acids is 2. The van der Waals surface area contributed by atoms with Gasteiger partial charge in [-0.25, -0.2) is 0 Å². The first-order valence-corrected chi connectivity index (χ1v) is 11.7. The lowest BCUT2D eigenvalue weighted by Crippen LogP contribution is -2.48. The lowest BCUT2D eigenvalue weighted by atomic mass is 10.1. The highest BCUT2D eigenvalue weighted by atomic mass is 16.5. The normalized spacial score (nSPS) is 18.9. The third-order valence-corrected chi connectivity index (χ3v) is 5.61. The maximum absolute atomic E-state index is 12.9. The summed E-state index contributed by atoms with van der Waals surface area (Å²) in [6.07, 6.45) is 3.51. The van der Waals surface area contributed by atoms with Gasteiger partial charge < -0.3 is 23.5 Å². The minimum atomic E-state index is -0.0978. The van der Waals surface area contributed by atoms with E-state index in [4.69, 9.17) is 9.15 Å². The van der Waals surface area contributed by atoms with E-state index >= 15 is 0 Å². The Bertz CT molecular complexity index is 891. The number of furan rings is 1. The molecule has 1 aliphatic heterocycles. The van der Waals surface area contributed by atoms with Crippen molar-refractivity contribution in [2.75, 3.05) is 19.6 Å². The molecule has 2 aromatic heterocycles. The Morgan fingerprint density at radius 2 is 1.88 bits per heavy atom. The molecule has 7 heteroatoms. The first-order chi connectivity index (χ1) is 15.3. The standard InChI is InChI=1S/C25H37N3O4/c1-6-11-27(24(29)13-18(2)3)16-21-8-7-12-26(21)17-22-9-10-23(32-22)25(30)28-14-19(4)31-20(5)15-28/h7-10,12,18-20H,6,11,13-17H2,1-5H3. The molecule has 3 heterocycles. The van der Waals surface area contributed by atoms with E-state index in [0.717, 1.165) is 24.4 Å². The lowest BCUT2D eigenvalue weighted by Gasteiger charge is -2.34. The van der Waals surface area contributed by atoms with Crippen LogP contribution in [0.25, 0.3) is 0 Å². The summed E-state index contributed by atoms with van der Waals surface area (Å²) in [7, 11) is 0. The summed E-state index contributed by atoms with van der Waals surface area (Å²) < 4.78 is 13.7. The monoisotopic (exact) mass is 443 g/mol. The summed E-state index contributed by atoms with van der Waals surface area (Å²) in [5.41, 5.74) is 1.05. The Morgan fingerprint density at radius 1 is 1.16 bits per heavy atom. The molecule has 7 nitrogen and oxygen atoms in total. The van der Waals surface area contributed by atoms with Gasteiger partial charge in [-0.2, -0.15) is 0 Å². The number of aromatic nitrogens is 1. The summed E-state index contributed by atoms with van der Waals surface area (Å²) in [6.45, 7) is 13.1. The van der Waals surface area contributed by atoms with Gasteiger partial charge >= 0.3 is 0 Å². The SMILES string of the molecule is CCCN(Cc1cccn1Cc1ccc(C(=O)N2CC(C)OC(C)C2)o1)C(=O)CC(C)C. The van der Waals surface area contributed by atoms with E-state index in [2.05, 4.69) is 25.3 Å². The topological polar surface area (TPSA) is 67.9 Å². The highest BCUT2D eigenvalue weighted by Crippen LogP contribution is 2.18. The molecule has 3 rings (SSSR count). The summed E-state index contributed by atoms with van der Waals surface area (Å²) in [6, 6.07) is 7.63. The predicted molar refractivity (Wildman–Crippen MR) is 123 cm³/mol. The van der Waals surface area contributed by atoms with Crippen LogP contribution in [0.4, 0.5) is 0 Å². The van der Waals surface area contributed by atoms with Crippen molar-refractivity contribution in [3.05, 3.63) is 47.7 Å². The zero-order valence-corrected chi connectivity index (χ0v) is 20.0. The highest BCUT2D eigenvalue weighted by Gasteiger charge is 2.28. The number of hydrogen-bond acceptors (Lipinski definition) is 4.